The van der Waals surface area contributed by atoms with Crippen LogP contribution in [0.1, 0.15) is 17.3 Å². The fraction of sp³-hybridized carbons (Fsp3) is 0.125. The van der Waals surface area contributed by atoms with Crippen molar-refractivity contribution >= 4 is 23.4 Å². The first-order chi connectivity index (χ1) is 11.0. The number of carbonyl (C=O) groups excluding carboxylic acids is 2. The number of hydrogen-bond acceptors (Lipinski definition) is 3. The normalized spacial score (nSPS) is 11.4. The van der Waals surface area contributed by atoms with Gasteiger partial charge in [-0.1, -0.05) is 11.6 Å². The van der Waals surface area contributed by atoms with E-state index in [0.717, 1.165) is 0 Å². The first-order valence-corrected chi connectivity index (χ1v) is 7.11. The first-order valence-electron chi connectivity index (χ1n) is 6.73. The van der Waals surface area contributed by atoms with Crippen LogP contribution in [0.15, 0.2) is 48.5 Å². The third kappa shape index (κ3) is 4.96. The van der Waals surface area contributed by atoms with E-state index in [9.17, 15) is 14.0 Å². The van der Waals surface area contributed by atoms with Gasteiger partial charge in [-0.25, -0.2) is 4.39 Å². The number of hydrogen-bond donors (Lipinski definition) is 2. The number of nitrogens with one attached hydrogen (secondary N) is 2. The lowest BCUT2D eigenvalue weighted by Gasteiger charge is -2.15. The van der Waals surface area contributed by atoms with Gasteiger partial charge in [0, 0.05) is 10.6 Å². The van der Waals surface area contributed by atoms with Gasteiger partial charge in [0.05, 0.1) is 0 Å². The predicted molar refractivity (Wildman–Crippen MR) is 83.6 cm³/mol. The summed E-state index contributed by atoms with van der Waals surface area (Å²) in [5.41, 5.74) is 4.88. The molecule has 0 heterocycles. The Morgan fingerprint density at radius 2 is 1.65 bits per heavy atom. The van der Waals surface area contributed by atoms with Gasteiger partial charge < -0.3 is 4.74 Å². The molecule has 2 amide bonds. The van der Waals surface area contributed by atoms with E-state index in [2.05, 4.69) is 10.9 Å². The summed E-state index contributed by atoms with van der Waals surface area (Å²) >= 11 is 5.73. The molecule has 0 saturated heterocycles. The summed E-state index contributed by atoms with van der Waals surface area (Å²) in [5.74, 6) is -1.08. The molecule has 120 valence electrons. The molecular weight excluding hydrogens is 323 g/mol. The van der Waals surface area contributed by atoms with Crippen LogP contribution in [0.3, 0.4) is 0 Å². The van der Waals surface area contributed by atoms with E-state index in [4.69, 9.17) is 16.3 Å². The molecule has 0 radical (unpaired) electrons. The summed E-state index contributed by atoms with van der Waals surface area (Å²) in [4.78, 5) is 23.7. The molecule has 0 spiro atoms. The van der Waals surface area contributed by atoms with Gasteiger partial charge in [0.25, 0.3) is 11.8 Å². The Hall–Kier alpha value is -2.60. The van der Waals surface area contributed by atoms with Gasteiger partial charge >= 0.3 is 0 Å². The minimum Gasteiger partial charge on any atom is -0.481 e. The van der Waals surface area contributed by atoms with Crippen LogP contribution in [0.5, 0.6) is 5.75 Å². The minimum atomic E-state index is -0.869. The predicted octanol–water partition coefficient (Wildman–Crippen LogP) is 2.71. The highest BCUT2D eigenvalue weighted by molar-refractivity contribution is 6.30. The summed E-state index contributed by atoms with van der Waals surface area (Å²) in [6.07, 6.45) is -0.869. The van der Waals surface area contributed by atoms with E-state index in [1.807, 2.05) is 0 Å². The maximum absolute atomic E-state index is 12.8. The Balaban J connectivity index is 1.84. The van der Waals surface area contributed by atoms with Crippen LogP contribution in [0, 0.1) is 5.82 Å². The summed E-state index contributed by atoms with van der Waals surface area (Å²) in [6.45, 7) is 1.51. The third-order valence-electron chi connectivity index (χ3n) is 2.90. The molecule has 1 atom stereocenters. The number of halogens is 2. The number of amides is 2. The molecule has 0 aliphatic heterocycles. The number of benzene rings is 2. The van der Waals surface area contributed by atoms with E-state index in [-0.39, 0.29) is 0 Å². The van der Waals surface area contributed by atoms with Gasteiger partial charge in [-0.3, -0.25) is 20.4 Å². The number of carbonyl (C=O) groups is 2. The van der Waals surface area contributed by atoms with E-state index >= 15 is 0 Å². The molecule has 0 bridgehead atoms. The lowest BCUT2D eigenvalue weighted by Crippen LogP contribution is -2.47. The van der Waals surface area contributed by atoms with Crippen LogP contribution in [-0.2, 0) is 4.79 Å². The van der Waals surface area contributed by atoms with Gasteiger partial charge in [0.1, 0.15) is 11.6 Å². The van der Waals surface area contributed by atoms with Crippen molar-refractivity contribution in [3.8, 4) is 5.75 Å². The number of hydrazine groups is 1. The van der Waals surface area contributed by atoms with E-state index < -0.39 is 23.7 Å². The average molecular weight is 337 g/mol. The molecule has 2 aromatic carbocycles. The monoisotopic (exact) mass is 336 g/mol. The Bertz CT molecular complexity index is 689. The van der Waals surface area contributed by atoms with E-state index in [0.29, 0.717) is 16.3 Å². The summed E-state index contributed by atoms with van der Waals surface area (Å²) in [5, 5.41) is 0.506. The average Bonchev–Trinajstić information content (AvgIpc) is 2.55. The highest BCUT2D eigenvalue weighted by atomic mass is 35.5. The highest BCUT2D eigenvalue weighted by Crippen LogP contribution is 2.13. The fourth-order valence-electron chi connectivity index (χ4n) is 1.66. The number of ether oxygens (including phenoxy) is 1. The SMILES string of the molecule is CC(Oc1ccc(F)cc1)C(=O)NNC(=O)c1ccc(Cl)cc1. The summed E-state index contributed by atoms with van der Waals surface area (Å²) in [7, 11) is 0. The Morgan fingerprint density at radius 1 is 1.04 bits per heavy atom. The molecule has 0 aliphatic rings. The van der Waals surface area contributed by atoms with Crippen molar-refractivity contribution in [2.24, 2.45) is 0 Å². The maximum atomic E-state index is 12.8. The summed E-state index contributed by atoms with van der Waals surface area (Å²) in [6, 6.07) is 11.5. The van der Waals surface area contributed by atoms with Crippen molar-refractivity contribution < 1.29 is 18.7 Å². The molecular formula is C16H14ClFN2O3. The Labute approximate surface area is 137 Å². The number of rotatable bonds is 4. The standard InChI is InChI=1S/C16H14ClFN2O3/c1-10(23-14-8-6-13(18)7-9-14)15(21)19-20-16(22)11-2-4-12(17)5-3-11/h2-10H,1H3,(H,19,21)(H,20,22). The molecule has 2 aromatic rings. The van der Waals surface area contributed by atoms with Crippen molar-refractivity contribution in [3.63, 3.8) is 0 Å². The third-order valence-corrected chi connectivity index (χ3v) is 3.15. The largest absolute Gasteiger partial charge is 0.481 e. The molecule has 0 aliphatic carbocycles. The van der Waals surface area contributed by atoms with Crippen molar-refractivity contribution in [2.75, 3.05) is 0 Å². The zero-order chi connectivity index (χ0) is 16.8. The molecule has 0 saturated carbocycles. The van der Waals surface area contributed by atoms with Gasteiger partial charge in [-0.05, 0) is 55.5 Å². The quantitative estimate of drug-likeness (QED) is 0.844. The maximum Gasteiger partial charge on any atom is 0.279 e. The molecule has 2 N–H and O–H groups in total. The van der Waals surface area contributed by atoms with Crippen molar-refractivity contribution in [3.05, 3.63) is 64.9 Å². The first kappa shape index (κ1) is 16.8. The van der Waals surface area contributed by atoms with Crippen molar-refractivity contribution in [2.45, 2.75) is 13.0 Å². The van der Waals surface area contributed by atoms with Crippen molar-refractivity contribution in [1.82, 2.24) is 10.9 Å². The van der Waals surface area contributed by atoms with Gasteiger partial charge in [-0.15, -0.1) is 0 Å². The molecule has 5 nitrogen and oxygen atoms in total. The molecule has 23 heavy (non-hydrogen) atoms. The zero-order valence-electron chi connectivity index (χ0n) is 12.2. The van der Waals surface area contributed by atoms with Gasteiger partial charge in [0.2, 0.25) is 0 Å². The second-order valence-corrected chi connectivity index (χ2v) is 5.10. The second-order valence-electron chi connectivity index (χ2n) is 4.66. The molecule has 7 heteroatoms. The van der Waals surface area contributed by atoms with Crippen molar-refractivity contribution in [1.29, 1.82) is 0 Å². The van der Waals surface area contributed by atoms with Crippen LogP contribution >= 0.6 is 11.6 Å². The molecule has 0 aromatic heterocycles. The zero-order valence-corrected chi connectivity index (χ0v) is 12.9. The lowest BCUT2D eigenvalue weighted by atomic mass is 10.2. The van der Waals surface area contributed by atoms with Crippen LogP contribution in [0.4, 0.5) is 4.39 Å². The Morgan fingerprint density at radius 3 is 2.26 bits per heavy atom. The fourth-order valence-corrected chi connectivity index (χ4v) is 1.79. The minimum absolute atomic E-state index is 0.345. The lowest BCUT2D eigenvalue weighted by molar-refractivity contribution is -0.128. The highest BCUT2D eigenvalue weighted by Gasteiger charge is 2.16. The molecule has 0 fully saturated rings. The van der Waals surface area contributed by atoms with E-state index in [1.165, 1.54) is 43.3 Å². The van der Waals surface area contributed by atoms with Crippen LogP contribution in [-0.4, -0.2) is 17.9 Å². The van der Waals surface area contributed by atoms with Crippen LogP contribution in [0.25, 0.3) is 0 Å². The molecule has 1 unspecified atom stereocenters. The van der Waals surface area contributed by atoms with E-state index in [1.54, 1.807) is 12.1 Å². The van der Waals surface area contributed by atoms with Gasteiger partial charge in [0.15, 0.2) is 6.10 Å². The van der Waals surface area contributed by atoms with Crippen LogP contribution in [0.2, 0.25) is 5.02 Å². The smallest absolute Gasteiger partial charge is 0.279 e. The van der Waals surface area contributed by atoms with Crippen LogP contribution < -0.4 is 15.6 Å². The topological polar surface area (TPSA) is 67.4 Å². The molecule has 2 rings (SSSR count). The summed E-state index contributed by atoms with van der Waals surface area (Å²) < 4.78 is 18.1. The Kier molecular flexibility index (Phi) is 5.54. The van der Waals surface area contributed by atoms with Gasteiger partial charge in [-0.2, -0.15) is 0 Å². The second kappa shape index (κ2) is 7.60.